The van der Waals surface area contributed by atoms with E-state index in [0.717, 1.165) is 0 Å². The van der Waals surface area contributed by atoms with E-state index in [0.29, 0.717) is 6.04 Å². The lowest BCUT2D eigenvalue weighted by atomic mass is 11.0. The zero-order valence-corrected chi connectivity index (χ0v) is 6.43. The van der Waals surface area contributed by atoms with Crippen molar-refractivity contribution in [2.45, 2.75) is 13.0 Å². The predicted molar refractivity (Wildman–Crippen MR) is 30.9 cm³/mol. The van der Waals surface area contributed by atoms with Gasteiger partial charge in [0.25, 0.3) is 0 Å². The third-order valence-electron chi connectivity index (χ3n) is 1.06. The van der Waals surface area contributed by atoms with Crippen LogP contribution in [0.5, 0.6) is 0 Å². The van der Waals surface area contributed by atoms with Crippen LogP contribution in [0.3, 0.4) is 0 Å². The standard InChI is InChI=1S/C4H11O3Si/c1-4-8(5,6-2)7-3/h4H2,1-3H3. The molecule has 4 heteroatoms. The van der Waals surface area contributed by atoms with E-state index in [1.165, 1.54) is 14.2 Å². The lowest BCUT2D eigenvalue weighted by molar-refractivity contribution is 0.120. The zero-order valence-electron chi connectivity index (χ0n) is 5.43. The minimum atomic E-state index is -2.92. The number of hydrogen-bond acceptors (Lipinski definition) is 2. The van der Waals surface area contributed by atoms with Crippen molar-refractivity contribution < 1.29 is 13.6 Å². The SMILES string of the molecule is CC[Si]([O])(OC)OC. The topological polar surface area (TPSA) is 38.4 Å². The summed E-state index contributed by atoms with van der Waals surface area (Å²) in [5, 5.41) is 0. The molecule has 0 aromatic rings. The van der Waals surface area contributed by atoms with Gasteiger partial charge in [-0.2, -0.15) is 0 Å². The van der Waals surface area contributed by atoms with E-state index < -0.39 is 8.80 Å². The third kappa shape index (κ3) is 1.91. The van der Waals surface area contributed by atoms with Crippen LogP contribution in [0.25, 0.3) is 0 Å². The lowest BCUT2D eigenvalue weighted by Gasteiger charge is -2.13. The van der Waals surface area contributed by atoms with E-state index in [2.05, 4.69) is 8.85 Å². The Bertz CT molecular complexity index is 54.0. The van der Waals surface area contributed by atoms with Crippen LogP contribution in [0.15, 0.2) is 0 Å². The van der Waals surface area contributed by atoms with E-state index in [1.54, 1.807) is 6.92 Å². The fraction of sp³-hybridized carbons (Fsp3) is 1.00. The van der Waals surface area contributed by atoms with Crippen LogP contribution in [-0.4, -0.2) is 23.0 Å². The maximum atomic E-state index is 10.9. The van der Waals surface area contributed by atoms with Crippen LogP contribution >= 0.6 is 0 Å². The molecule has 0 heterocycles. The van der Waals surface area contributed by atoms with E-state index >= 15 is 0 Å². The first-order chi connectivity index (χ1) is 3.68. The van der Waals surface area contributed by atoms with Crippen molar-refractivity contribution in [1.29, 1.82) is 0 Å². The van der Waals surface area contributed by atoms with E-state index in [9.17, 15) is 4.80 Å². The first-order valence-electron chi connectivity index (χ1n) is 2.49. The van der Waals surface area contributed by atoms with Crippen LogP contribution in [0.2, 0.25) is 6.04 Å². The Morgan fingerprint density at radius 1 is 1.38 bits per heavy atom. The average Bonchev–Trinajstić information content (AvgIpc) is 1.87. The average molecular weight is 135 g/mol. The van der Waals surface area contributed by atoms with Gasteiger partial charge in [-0.3, -0.25) is 0 Å². The molecule has 0 spiro atoms. The van der Waals surface area contributed by atoms with Crippen LogP contribution in [0, 0.1) is 0 Å². The smallest absolute Gasteiger partial charge is 0.376 e. The first-order valence-corrected chi connectivity index (χ1v) is 4.42. The van der Waals surface area contributed by atoms with Crippen LogP contribution < -0.4 is 0 Å². The van der Waals surface area contributed by atoms with Gasteiger partial charge in [0.2, 0.25) is 0 Å². The van der Waals surface area contributed by atoms with E-state index in [1.807, 2.05) is 0 Å². The van der Waals surface area contributed by atoms with Crippen molar-refractivity contribution in [2.24, 2.45) is 0 Å². The summed E-state index contributed by atoms with van der Waals surface area (Å²) in [6, 6.07) is 0.458. The Kier molecular flexibility index (Phi) is 3.23. The van der Waals surface area contributed by atoms with Gasteiger partial charge in [-0.05, 0) is 0 Å². The highest BCUT2D eigenvalue weighted by Gasteiger charge is 2.33. The van der Waals surface area contributed by atoms with Gasteiger partial charge in [0.15, 0.2) is 0 Å². The molecule has 1 radical (unpaired) electrons. The molecule has 0 saturated carbocycles. The Hall–Kier alpha value is 0.0969. The van der Waals surface area contributed by atoms with Crippen molar-refractivity contribution in [3.05, 3.63) is 0 Å². The summed E-state index contributed by atoms with van der Waals surface area (Å²) < 4.78 is 9.19. The van der Waals surface area contributed by atoms with Gasteiger partial charge in [0.1, 0.15) is 0 Å². The second kappa shape index (κ2) is 3.19. The minimum absolute atomic E-state index is 0.458. The maximum absolute atomic E-state index is 10.9. The summed E-state index contributed by atoms with van der Waals surface area (Å²) >= 11 is 0. The summed E-state index contributed by atoms with van der Waals surface area (Å²) in [6.07, 6.45) is 0. The molecule has 0 atom stereocenters. The van der Waals surface area contributed by atoms with Crippen molar-refractivity contribution in [2.75, 3.05) is 14.2 Å². The van der Waals surface area contributed by atoms with Gasteiger partial charge in [-0.25, -0.2) is 4.80 Å². The molecule has 0 bridgehead atoms. The molecular weight excluding hydrogens is 124 g/mol. The molecule has 49 valence electrons. The quantitative estimate of drug-likeness (QED) is 0.533. The summed E-state index contributed by atoms with van der Waals surface area (Å²) in [5.74, 6) is 0. The lowest BCUT2D eigenvalue weighted by Crippen LogP contribution is -2.37. The molecule has 0 fully saturated rings. The molecule has 0 N–H and O–H groups in total. The normalized spacial score (nSPS) is 12.0. The largest absolute Gasteiger partial charge is 0.528 e. The van der Waals surface area contributed by atoms with Gasteiger partial charge in [-0.15, -0.1) is 0 Å². The summed E-state index contributed by atoms with van der Waals surface area (Å²) in [5.41, 5.74) is 0. The van der Waals surface area contributed by atoms with E-state index in [4.69, 9.17) is 0 Å². The Morgan fingerprint density at radius 2 is 1.75 bits per heavy atom. The Balaban J connectivity index is 3.58. The number of hydrogen-bond donors (Lipinski definition) is 0. The van der Waals surface area contributed by atoms with Crippen LogP contribution in [0.4, 0.5) is 0 Å². The molecule has 0 aliphatic rings. The van der Waals surface area contributed by atoms with Crippen molar-refractivity contribution >= 4 is 8.80 Å². The van der Waals surface area contributed by atoms with E-state index in [-0.39, 0.29) is 0 Å². The third-order valence-corrected chi connectivity index (χ3v) is 3.17. The first kappa shape index (κ1) is 8.10. The maximum Gasteiger partial charge on any atom is 0.528 e. The molecule has 3 nitrogen and oxygen atoms in total. The van der Waals surface area contributed by atoms with Gasteiger partial charge in [0, 0.05) is 20.3 Å². The summed E-state index contributed by atoms with van der Waals surface area (Å²) in [4.78, 5) is 10.9. The number of rotatable bonds is 3. The van der Waals surface area contributed by atoms with Crippen LogP contribution in [0.1, 0.15) is 6.92 Å². The van der Waals surface area contributed by atoms with Crippen molar-refractivity contribution in [1.82, 2.24) is 0 Å². The molecule has 0 aliphatic heterocycles. The molecule has 0 aromatic carbocycles. The minimum Gasteiger partial charge on any atom is -0.376 e. The molecule has 0 aliphatic carbocycles. The highest BCUT2D eigenvalue weighted by Crippen LogP contribution is 2.05. The monoisotopic (exact) mass is 135 g/mol. The summed E-state index contributed by atoms with van der Waals surface area (Å²) in [6.45, 7) is 1.77. The molecule has 0 unspecified atom stereocenters. The fourth-order valence-electron chi connectivity index (χ4n) is 0.372. The Labute approximate surface area is 50.6 Å². The van der Waals surface area contributed by atoms with Gasteiger partial charge in [-0.1, -0.05) is 6.92 Å². The molecular formula is C4H11O3Si. The molecule has 0 rings (SSSR count). The molecule has 0 amide bonds. The highest BCUT2D eigenvalue weighted by molar-refractivity contribution is 6.58. The van der Waals surface area contributed by atoms with Crippen molar-refractivity contribution in [3.8, 4) is 0 Å². The molecule has 8 heavy (non-hydrogen) atoms. The molecule has 0 aromatic heterocycles. The second-order valence-corrected chi connectivity index (χ2v) is 4.33. The predicted octanol–water partition coefficient (Wildman–Crippen LogP) is 0.668. The zero-order chi connectivity index (χ0) is 6.62. The van der Waals surface area contributed by atoms with Gasteiger partial charge in [0.05, 0.1) is 0 Å². The summed E-state index contributed by atoms with van der Waals surface area (Å²) in [7, 11) is -0.131. The fourth-order valence-corrected chi connectivity index (χ4v) is 1.12. The van der Waals surface area contributed by atoms with Crippen LogP contribution in [-0.2, 0) is 13.6 Å². The van der Waals surface area contributed by atoms with Gasteiger partial charge < -0.3 is 8.85 Å². The van der Waals surface area contributed by atoms with Crippen molar-refractivity contribution in [3.63, 3.8) is 0 Å². The second-order valence-electron chi connectivity index (χ2n) is 1.44. The highest BCUT2D eigenvalue weighted by atomic mass is 28.4. The Morgan fingerprint density at radius 3 is 1.75 bits per heavy atom. The van der Waals surface area contributed by atoms with Gasteiger partial charge >= 0.3 is 8.80 Å². The molecule has 0 saturated heterocycles.